The zero-order chi connectivity index (χ0) is 12.5. The van der Waals surface area contributed by atoms with Crippen LogP contribution in [-0.2, 0) is 16.0 Å². The molecule has 2 heterocycles. The first-order chi connectivity index (χ1) is 8.04. The second kappa shape index (κ2) is 4.74. The van der Waals surface area contributed by atoms with Gasteiger partial charge in [-0.25, -0.2) is 0 Å². The minimum atomic E-state index is -0.817. The lowest BCUT2D eigenvalue weighted by molar-refractivity contribution is -0.151. The summed E-state index contributed by atoms with van der Waals surface area (Å²) in [5.74, 6) is -0.789. The van der Waals surface area contributed by atoms with E-state index in [1.807, 2.05) is 13.0 Å². The minimum absolute atomic E-state index is 0.265. The highest BCUT2D eigenvalue weighted by molar-refractivity contribution is 9.10. The molecule has 1 aliphatic heterocycles. The second-order valence-electron chi connectivity index (χ2n) is 4.41. The number of carboxylic acid groups (broad SMARTS) is 1. The molecule has 2 unspecified atom stereocenters. The first kappa shape index (κ1) is 12.5. The molecule has 0 bridgehead atoms. The summed E-state index contributed by atoms with van der Waals surface area (Å²) in [7, 11) is 0. The van der Waals surface area contributed by atoms with E-state index in [0.717, 1.165) is 10.0 Å². The zero-order valence-corrected chi connectivity index (χ0v) is 11.1. The zero-order valence-electron chi connectivity index (χ0n) is 9.52. The smallest absolute Gasteiger partial charge is 0.312 e. The van der Waals surface area contributed by atoms with Crippen LogP contribution in [0, 0.1) is 5.41 Å². The maximum atomic E-state index is 11.5. The van der Waals surface area contributed by atoms with Gasteiger partial charge in [0.15, 0.2) is 0 Å². The second-order valence-corrected chi connectivity index (χ2v) is 5.33. The standard InChI is InChI=1S/C12H14BrNO3/c1-8-12(11(15)16,2-3-17-8)5-9-4-10(13)7-14-6-9/h4,6-8H,2-3,5H2,1H3,(H,15,16). The molecule has 1 aliphatic rings. The largest absolute Gasteiger partial charge is 0.481 e. The van der Waals surface area contributed by atoms with E-state index in [-0.39, 0.29) is 6.10 Å². The molecule has 4 nitrogen and oxygen atoms in total. The van der Waals surface area contributed by atoms with Gasteiger partial charge in [0.05, 0.1) is 11.5 Å². The summed E-state index contributed by atoms with van der Waals surface area (Å²) in [5.41, 5.74) is 0.0989. The van der Waals surface area contributed by atoms with Crippen molar-refractivity contribution < 1.29 is 14.6 Å². The normalized spacial score (nSPS) is 28.2. The molecule has 1 fully saturated rings. The Labute approximate surface area is 108 Å². The van der Waals surface area contributed by atoms with E-state index in [0.29, 0.717) is 19.4 Å². The van der Waals surface area contributed by atoms with Crippen LogP contribution in [0.25, 0.3) is 0 Å². The third-order valence-electron chi connectivity index (χ3n) is 3.40. The Bertz CT molecular complexity index is 438. The van der Waals surface area contributed by atoms with Gasteiger partial charge < -0.3 is 9.84 Å². The highest BCUT2D eigenvalue weighted by Crippen LogP contribution is 2.38. The summed E-state index contributed by atoms with van der Waals surface area (Å²) in [4.78, 5) is 15.6. The number of hydrogen-bond acceptors (Lipinski definition) is 3. The Kier molecular flexibility index (Phi) is 3.49. The topological polar surface area (TPSA) is 59.4 Å². The van der Waals surface area contributed by atoms with Gasteiger partial charge >= 0.3 is 5.97 Å². The first-order valence-electron chi connectivity index (χ1n) is 5.49. The van der Waals surface area contributed by atoms with Crippen molar-refractivity contribution in [3.8, 4) is 0 Å². The Hall–Kier alpha value is -0.940. The van der Waals surface area contributed by atoms with Crippen molar-refractivity contribution in [1.82, 2.24) is 4.98 Å². The maximum Gasteiger partial charge on any atom is 0.312 e. The molecule has 92 valence electrons. The van der Waals surface area contributed by atoms with Gasteiger partial charge in [0.2, 0.25) is 0 Å². The molecule has 1 N–H and O–H groups in total. The van der Waals surface area contributed by atoms with Crippen LogP contribution in [-0.4, -0.2) is 28.8 Å². The van der Waals surface area contributed by atoms with Gasteiger partial charge in [-0.3, -0.25) is 9.78 Å². The average Bonchev–Trinajstić information content (AvgIpc) is 2.61. The van der Waals surface area contributed by atoms with Crippen molar-refractivity contribution in [2.75, 3.05) is 6.61 Å². The molecule has 0 aromatic carbocycles. The van der Waals surface area contributed by atoms with E-state index >= 15 is 0 Å². The molecule has 2 rings (SSSR count). The molecule has 2 atom stereocenters. The van der Waals surface area contributed by atoms with Crippen LogP contribution < -0.4 is 0 Å². The van der Waals surface area contributed by atoms with Gasteiger partial charge in [0.1, 0.15) is 0 Å². The molecule has 0 saturated carbocycles. The van der Waals surface area contributed by atoms with Gasteiger partial charge in [0, 0.05) is 23.5 Å². The summed E-state index contributed by atoms with van der Waals surface area (Å²) in [6.07, 6.45) is 4.14. The van der Waals surface area contributed by atoms with Crippen molar-refractivity contribution in [3.05, 3.63) is 28.5 Å². The summed E-state index contributed by atoms with van der Waals surface area (Å²) < 4.78 is 6.28. The molecule has 1 aromatic rings. The van der Waals surface area contributed by atoms with Crippen molar-refractivity contribution in [2.24, 2.45) is 5.41 Å². The molecule has 0 radical (unpaired) electrons. The van der Waals surface area contributed by atoms with Gasteiger partial charge in [0.25, 0.3) is 0 Å². The lowest BCUT2D eigenvalue weighted by atomic mass is 9.76. The number of nitrogens with zero attached hydrogens (tertiary/aromatic N) is 1. The number of aromatic nitrogens is 1. The summed E-state index contributed by atoms with van der Waals surface area (Å²) in [5, 5.41) is 9.45. The number of ether oxygens (including phenoxy) is 1. The van der Waals surface area contributed by atoms with Crippen LogP contribution >= 0.6 is 15.9 Å². The van der Waals surface area contributed by atoms with Crippen LogP contribution in [0.5, 0.6) is 0 Å². The van der Waals surface area contributed by atoms with Gasteiger partial charge in [-0.1, -0.05) is 0 Å². The highest BCUT2D eigenvalue weighted by Gasteiger charge is 2.48. The summed E-state index contributed by atoms with van der Waals surface area (Å²) in [6.45, 7) is 2.33. The van der Waals surface area contributed by atoms with Crippen molar-refractivity contribution in [3.63, 3.8) is 0 Å². The fourth-order valence-electron chi connectivity index (χ4n) is 2.29. The monoisotopic (exact) mass is 299 g/mol. The third kappa shape index (κ3) is 2.35. The fraction of sp³-hybridized carbons (Fsp3) is 0.500. The maximum absolute atomic E-state index is 11.5. The SMILES string of the molecule is CC1OCCC1(Cc1cncc(Br)c1)C(=O)O. The molecular formula is C12H14BrNO3. The van der Waals surface area contributed by atoms with Crippen molar-refractivity contribution in [2.45, 2.75) is 25.9 Å². The summed E-state index contributed by atoms with van der Waals surface area (Å²) >= 11 is 3.34. The van der Waals surface area contributed by atoms with Crippen LogP contribution in [0.15, 0.2) is 22.9 Å². The predicted octanol–water partition coefficient (Wildman–Crippen LogP) is 2.27. The number of halogens is 1. The minimum Gasteiger partial charge on any atom is -0.481 e. The Balaban J connectivity index is 2.28. The van der Waals surface area contributed by atoms with Crippen LogP contribution in [0.4, 0.5) is 0 Å². The number of carboxylic acids is 1. The van der Waals surface area contributed by atoms with E-state index in [1.54, 1.807) is 12.4 Å². The molecule has 0 amide bonds. The van der Waals surface area contributed by atoms with E-state index in [2.05, 4.69) is 20.9 Å². The molecule has 0 spiro atoms. The first-order valence-corrected chi connectivity index (χ1v) is 6.28. The van der Waals surface area contributed by atoms with Crippen LogP contribution in [0.3, 0.4) is 0 Å². The molecule has 0 aliphatic carbocycles. The van der Waals surface area contributed by atoms with Gasteiger partial charge in [-0.15, -0.1) is 0 Å². The Morgan fingerprint density at radius 3 is 3.00 bits per heavy atom. The van der Waals surface area contributed by atoms with Crippen molar-refractivity contribution >= 4 is 21.9 Å². The lowest BCUT2D eigenvalue weighted by Gasteiger charge is -2.27. The molecule has 1 saturated heterocycles. The lowest BCUT2D eigenvalue weighted by Crippen LogP contribution is -2.39. The number of hydrogen-bond donors (Lipinski definition) is 1. The van der Waals surface area contributed by atoms with E-state index < -0.39 is 11.4 Å². The Morgan fingerprint density at radius 2 is 2.47 bits per heavy atom. The third-order valence-corrected chi connectivity index (χ3v) is 3.83. The fourth-order valence-corrected chi connectivity index (χ4v) is 2.70. The Morgan fingerprint density at radius 1 is 1.71 bits per heavy atom. The number of rotatable bonds is 3. The van der Waals surface area contributed by atoms with E-state index in [9.17, 15) is 9.90 Å². The van der Waals surface area contributed by atoms with E-state index in [4.69, 9.17) is 4.74 Å². The number of carbonyl (C=O) groups is 1. The van der Waals surface area contributed by atoms with Crippen molar-refractivity contribution in [1.29, 1.82) is 0 Å². The predicted molar refractivity (Wildman–Crippen MR) is 65.7 cm³/mol. The quantitative estimate of drug-likeness (QED) is 0.930. The van der Waals surface area contributed by atoms with Gasteiger partial charge in [-0.05, 0) is 47.3 Å². The van der Waals surface area contributed by atoms with Crippen LogP contribution in [0.2, 0.25) is 0 Å². The molecule has 17 heavy (non-hydrogen) atoms. The number of aliphatic carboxylic acids is 1. The van der Waals surface area contributed by atoms with Gasteiger partial charge in [-0.2, -0.15) is 0 Å². The average molecular weight is 300 g/mol. The van der Waals surface area contributed by atoms with E-state index in [1.165, 1.54) is 0 Å². The summed E-state index contributed by atoms with van der Waals surface area (Å²) in [6, 6.07) is 1.91. The van der Waals surface area contributed by atoms with Crippen LogP contribution in [0.1, 0.15) is 18.9 Å². The molecule has 5 heteroatoms. The molecule has 1 aromatic heterocycles. The molecular weight excluding hydrogens is 286 g/mol. The highest BCUT2D eigenvalue weighted by atomic mass is 79.9. The number of pyridine rings is 1.